The van der Waals surface area contributed by atoms with Gasteiger partial charge in [-0.2, -0.15) is 9.97 Å². The Morgan fingerprint density at radius 3 is 2.76 bits per heavy atom. The van der Waals surface area contributed by atoms with Crippen LogP contribution in [-0.4, -0.2) is 110 Å². The maximum atomic E-state index is 17.0. The lowest BCUT2D eigenvalue weighted by Crippen LogP contribution is -2.64. The lowest BCUT2D eigenvalue weighted by Gasteiger charge is -2.47. The molecule has 6 heterocycles. The van der Waals surface area contributed by atoms with E-state index in [0.717, 1.165) is 23.7 Å². The number of rotatable bonds is 5. The molecule has 0 spiro atoms. The number of nitrogens with zero attached hydrogens (tertiary/aromatic N) is 5. The number of halogens is 2. The predicted molar refractivity (Wildman–Crippen MR) is 163 cm³/mol. The third-order valence-electron chi connectivity index (χ3n) is 9.92. The topological polar surface area (TPSA) is 120 Å². The van der Waals surface area contributed by atoms with Gasteiger partial charge in [0.2, 0.25) is 0 Å². The van der Waals surface area contributed by atoms with E-state index < -0.39 is 33.3 Å². The second-order valence-corrected chi connectivity index (χ2v) is 14.5. The normalized spacial score (nSPS) is 29.3. The molecule has 4 saturated heterocycles. The Balaban J connectivity index is 1.32. The second kappa shape index (κ2) is 10.5. The van der Waals surface area contributed by atoms with E-state index in [-0.39, 0.29) is 52.4 Å². The molecular formula is C31H34F2N6O5S. The molecule has 3 aromatic rings. The number of aromatic hydroxyl groups is 1. The molecule has 0 aliphatic carbocycles. The molecule has 238 valence electrons. The zero-order chi connectivity index (χ0) is 31.1. The number of hydrogen-bond acceptors (Lipinski definition) is 10. The van der Waals surface area contributed by atoms with Gasteiger partial charge in [0.1, 0.15) is 24.2 Å². The summed E-state index contributed by atoms with van der Waals surface area (Å²) in [5, 5.41) is 15.1. The van der Waals surface area contributed by atoms with Gasteiger partial charge in [0.25, 0.3) is 10.0 Å². The summed E-state index contributed by atoms with van der Waals surface area (Å²) >= 11 is 0. The van der Waals surface area contributed by atoms with E-state index in [4.69, 9.17) is 9.47 Å². The van der Waals surface area contributed by atoms with Crippen molar-refractivity contribution in [3.05, 3.63) is 47.7 Å². The van der Waals surface area contributed by atoms with Gasteiger partial charge in [-0.3, -0.25) is 9.21 Å². The Bertz CT molecular complexity index is 1820. The number of alkyl halides is 1. The summed E-state index contributed by atoms with van der Waals surface area (Å²) in [5.41, 5.74) is -0.950. The van der Waals surface area contributed by atoms with Gasteiger partial charge < -0.3 is 24.8 Å². The molecule has 2 aromatic carbocycles. The molecule has 14 heteroatoms. The van der Waals surface area contributed by atoms with Crippen molar-refractivity contribution in [3.63, 3.8) is 0 Å². The number of aromatic nitrogens is 2. The predicted octanol–water partition coefficient (Wildman–Crippen LogP) is 2.90. The van der Waals surface area contributed by atoms with Gasteiger partial charge in [-0.05, 0) is 42.3 Å². The minimum Gasteiger partial charge on any atom is -0.508 e. The minimum atomic E-state index is -4.40. The summed E-state index contributed by atoms with van der Waals surface area (Å²) in [4.78, 5) is 12.7. The van der Waals surface area contributed by atoms with Crippen LogP contribution in [0.4, 0.5) is 14.6 Å². The number of fused-ring (bicyclic) bond motifs is 5. The first-order valence-electron chi connectivity index (χ1n) is 15.3. The van der Waals surface area contributed by atoms with E-state index in [2.05, 4.69) is 20.2 Å². The van der Waals surface area contributed by atoms with Gasteiger partial charge in [-0.15, -0.1) is 0 Å². The molecule has 4 fully saturated rings. The third-order valence-corrected chi connectivity index (χ3v) is 11.7. The van der Waals surface area contributed by atoms with Crippen LogP contribution >= 0.6 is 0 Å². The van der Waals surface area contributed by atoms with Crippen LogP contribution in [0.2, 0.25) is 0 Å². The van der Waals surface area contributed by atoms with Crippen molar-refractivity contribution in [2.45, 2.75) is 48.0 Å². The smallest absolute Gasteiger partial charge is 0.319 e. The van der Waals surface area contributed by atoms with E-state index in [1.54, 1.807) is 24.3 Å². The SMILES string of the molecule is CN1C(c2cc(O)cc3ccccc23)=C(F)c2nc(OC[C@@]34CCCN3C[C@H](F)C4)nc(N3C4CNCC3COC4)c2S1(=O)=O. The Labute approximate surface area is 259 Å². The van der Waals surface area contributed by atoms with Gasteiger partial charge >= 0.3 is 6.01 Å². The highest BCUT2D eigenvalue weighted by atomic mass is 32.2. The number of phenols is 1. The number of ether oxygens (including phenoxy) is 2. The van der Waals surface area contributed by atoms with E-state index >= 15 is 4.39 Å². The highest BCUT2D eigenvalue weighted by Gasteiger charge is 2.50. The van der Waals surface area contributed by atoms with Gasteiger partial charge in [0.05, 0.1) is 36.5 Å². The van der Waals surface area contributed by atoms with Gasteiger partial charge in [-0.25, -0.2) is 17.2 Å². The summed E-state index contributed by atoms with van der Waals surface area (Å²) in [6, 6.07) is 9.28. The van der Waals surface area contributed by atoms with Crippen LogP contribution in [0, 0.1) is 0 Å². The Morgan fingerprint density at radius 1 is 1.18 bits per heavy atom. The highest BCUT2D eigenvalue weighted by Crippen LogP contribution is 2.47. The number of morpholine rings is 1. The van der Waals surface area contributed by atoms with Gasteiger partial charge in [0.15, 0.2) is 16.5 Å². The molecule has 0 radical (unpaired) electrons. The molecule has 0 saturated carbocycles. The lowest BCUT2D eigenvalue weighted by molar-refractivity contribution is 0.0516. The summed E-state index contributed by atoms with van der Waals surface area (Å²) in [5.74, 6) is -0.953. The number of sulfonamides is 1. The molecule has 2 bridgehead atoms. The zero-order valence-electron chi connectivity index (χ0n) is 24.7. The number of phenolic OH excluding ortho intramolecular Hbond substituents is 1. The fraction of sp³-hybridized carbons (Fsp3) is 0.484. The molecule has 5 aliphatic heterocycles. The molecule has 45 heavy (non-hydrogen) atoms. The first-order valence-corrected chi connectivity index (χ1v) is 16.7. The molecule has 2 unspecified atom stereocenters. The quantitative estimate of drug-likeness (QED) is 0.431. The fourth-order valence-corrected chi connectivity index (χ4v) is 9.31. The van der Waals surface area contributed by atoms with Gasteiger partial charge in [-0.1, -0.05) is 24.3 Å². The van der Waals surface area contributed by atoms with E-state index in [0.29, 0.717) is 50.0 Å². The van der Waals surface area contributed by atoms with Crippen molar-refractivity contribution in [3.8, 4) is 11.8 Å². The average molecular weight is 641 g/mol. The van der Waals surface area contributed by atoms with E-state index in [1.165, 1.54) is 19.2 Å². The standard InChI is InChI=1S/C31H34F2N6O5S/c1-37-27(24-10-22(40)9-18-5-2-3-6-23(18)24)25(33)26-28(45(37,41)42)29(39-20-12-34-13-21(39)16-43-15-20)36-30(35-26)44-17-31-7-4-8-38(31)14-19(32)11-31/h2-3,5-6,9-10,19-21,34,40H,4,7-8,11-17H2,1H3/t19-,20?,21?,31+/m1/s1. The highest BCUT2D eigenvalue weighted by molar-refractivity contribution is 7.89. The average Bonchev–Trinajstić information content (AvgIpc) is 3.54. The monoisotopic (exact) mass is 640 g/mol. The summed E-state index contributed by atoms with van der Waals surface area (Å²) in [6.45, 7) is 2.93. The Morgan fingerprint density at radius 2 is 1.96 bits per heavy atom. The summed E-state index contributed by atoms with van der Waals surface area (Å²) in [6.07, 6.45) is 1.04. The number of anilines is 1. The maximum absolute atomic E-state index is 17.0. The molecule has 11 nitrogen and oxygen atoms in total. The Hall–Kier alpha value is -3.59. The number of hydrogen-bond donors (Lipinski definition) is 2. The van der Waals surface area contributed by atoms with Crippen LogP contribution in [0.15, 0.2) is 41.3 Å². The molecule has 8 rings (SSSR count). The van der Waals surface area contributed by atoms with E-state index in [1.807, 2.05) is 4.90 Å². The molecule has 2 N–H and O–H groups in total. The Kier molecular flexibility index (Phi) is 6.72. The maximum Gasteiger partial charge on any atom is 0.319 e. The van der Waals surface area contributed by atoms with Crippen molar-refractivity contribution in [1.82, 2.24) is 24.5 Å². The van der Waals surface area contributed by atoms with Crippen LogP contribution in [0.3, 0.4) is 0 Å². The van der Waals surface area contributed by atoms with Crippen LogP contribution in [0.25, 0.3) is 22.3 Å². The van der Waals surface area contributed by atoms with Crippen molar-refractivity contribution >= 4 is 38.1 Å². The molecule has 0 amide bonds. The summed E-state index contributed by atoms with van der Waals surface area (Å²) < 4.78 is 73.3. The molecule has 1 aromatic heterocycles. The minimum absolute atomic E-state index is 0.0622. The van der Waals surface area contributed by atoms with Gasteiger partial charge in [0, 0.05) is 38.7 Å². The number of benzene rings is 2. The molecule has 5 aliphatic rings. The van der Waals surface area contributed by atoms with Crippen LogP contribution in [0.1, 0.15) is 30.5 Å². The van der Waals surface area contributed by atoms with Crippen LogP contribution < -0.4 is 15.0 Å². The fourth-order valence-electron chi connectivity index (χ4n) is 7.85. The lowest BCUT2D eigenvalue weighted by atomic mass is 9.95. The second-order valence-electron chi connectivity index (χ2n) is 12.6. The van der Waals surface area contributed by atoms with Crippen molar-refractivity contribution in [1.29, 1.82) is 0 Å². The van der Waals surface area contributed by atoms with Crippen LogP contribution in [-0.2, 0) is 14.8 Å². The first-order chi connectivity index (χ1) is 21.7. The van der Waals surface area contributed by atoms with Crippen molar-refractivity contribution in [2.75, 3.05) is 57.9 Å². The third kappa shape index (κ3) is 4.48. The number of piperazine rings is 1. The zero-order valence-corrected chi connectivity index (χ0v) is 25.6. The first kappa shape index (κ1) is 28.9. The van der Waals surface area contributed by atoms with Crippen molar-refractivity contribution in [2.24, 2.45) is 0 Å². The summed E-state index contributed by atoms with van der Waals surface area (Å²) in [7, 11) is -3.11. The van der Waals surface area contributed by atoms with Crippen molar-refractivity contribution < 1.29 is 31.8 Å². The van der Waals surface area contributed by atoms with Crippen LogP contribution in [0.5, 0.6) is 11.8 Å². The largest absolute Gasteiger partial charge is 0.508 e. The molecular weight excluding hydrogens is 606 g/mol. The van der Waals surface area contributed by atoms with E-state index in [9.17, 15) is 17.9 Å². The molecule has 4 atom stereocenters. The number of nitrogens with one attached hydrogen (secondary N) is 1.